The van der Waals surface area contributed by atoms with E-state index in [1.165, 1.54) is 0 Å². The Balaban J connectivity index is 3.34. The molecule has 0 heterocycles. The third-order valence-electron chi connectivity index (χ3n) is 0.946. The van der Waals surface area contributed by atoms with E-state index >= 15 is 0 Å². The second-order valence-electron chi connectivity index (χ2n) is 1.59. The van der Waals surface area contributed by atoms with Crippen molar-refractivity contribution in [3.05, 3.63) is 0 Å². The van der Waals surface area contributed by atoms with Crippen LogP contribution in [0.5, 0.6) is 0 Å². The van der Waals surface area contributed by atoms with Gasteiger partial charge in [0.05, 0.1) is 6.54 Å². The van der Waals surface area contributed by atoms with Gasteiger partial charge in [-0.1, -0.05) is 12.2 Å². The summed E-state index contributed by atoms with van der Waals surface area (Å²) in [5, 5.41) is 2.79. The lowest BCUT2D eigenvalue weighted by Crippen LogP contribution is -2.30. The predicted molar refractivity (Wildman–Crippen MR) is 47.4 cm³/mol. The van der Waals surface area contributed by atoms with Gasteiger partial charge in [-0.3, -0.25) is 0 Å². The number of ether oxygens (including phenoxy) is 2. The molecule has 0 rings (SSSR count). The average Bonchev–Trinajstić information content (AvgIpc) is 1.90. The molecule has 5 heteroatoms. The third kappa shape index (κ3) is 4.99. The number of thiol groups is 1. The number of hydrogen-bond acceptors (Lipinski definition) is 3. The first-order valence-corrected chi connectivity index (χ1v) is 3.58. The Kier molecular flexibility index (Phi) is 6.00. The van der Waals surface area contributed by atoms with E-state index in [1.54, 1.807) is 14.2 Å². The maximum Gasteiger partial charge on any atom is 0.173 e. The van der Waals surface area contributed by atoms with E-state index in [1.807, 2.05) is 0 Å². The van der Waals surface area contributed by atoms with Gasteiger partial charge < -0.3 is 14.8 Å². The standard InChI is InChI=1S/C5H11NO2S2/c1-7-4(8-2)3-6-5(9)10/h4H,3H2,1-2H3,(H2,6,9,10). The minimum Gasteiger partial charge on any atom is -0.366 e. The van der Waals surface area contributed by atoms with Crippen molar-refractivity contribution in [2.45, 2.75) is 6.29 Å². The van der Waals surface area contributed by atoms with Gasteiger partial charge in [-0.05, 0) is 0 Å². The van der Waals surface area contributed by atoms with Crippen molar-refractivity contribution in [1.29, 1.82) is 0 Å². The first-order valence-electron chi connectivity index (χ1n) is 2.73. The van der Waals surface area contributed by atoms with E-state index in [0.717, 1.165) is 0 Å². The van der Waals surface area contributed by atoms with Gasteiger partial charge in [-0.15, -0.1) is 12.6 Å². The number of thiocarbonyl (C=S) groups is 1. The number of nitrogens with one attached hydrogen (secondary N) is 1. The minimum absolute atomic E-state index is 0.259. The monoisotopic (exact) mass is 181 g/mol. The van der Waals surface area contributed by atoms with E-state index in [0.29, 0.717) is 10.9 Å². The Morgan fingerprint density at radius 3 is 2.40 bits per heavy atom. The maximum absolute atomic E-state index is 4.87. The summed E-state index contributed by atoms with van der Waals surface area (Å²) in [5.41, 5.74) is 0. The van der Waals surface area contributed by atoms with Crippen LogP contribution in [0.15, 0.2) is 0 Å². The van der Waals surface area contributed by atoms with Gasteiger partial charge in [0, 0.05) is 14.2 Å². The maximum atomic E-state index is 4.87. The van der Waals surface area contributed by atoms with Gasteiger partial charge in [0.2, 0.25) is 0 Å². The Hall–Kier alpha value is 0.160. The van der Waals surface area contributed by atoms with Crippen molar-refractivity contribution in [1.82, 2.24) is 5.32 Å². The lowest BCUT2D eigenvalue weighted by atomic mass is 10.6. The highest BCUT2D eigenvalue weighted by Gasteiger charge is 2.02. The van der Waals surface area contributed by atoms with Gasteiger partial charge in [0.1, 0.15) is 4.32 Å². The van der Waals surface area contributed by atoms with E-state index in [4.69, 9.17) is 9.47 Å². The molecule has 0 radical (unpaired) electrons. The number of rotatable bonds is 4. The van der Waals surface area contributed by atoms with Crippen LogP contribution >= 0.6 is 24.8 Å². The molecule has 0 aromatic heterocycles. The van der Waals surface area contributed by atoms with Crippen LogP contribution in [0.2, 0.25) is 0 Å². The van der Waals surface area contributed by atoms with Crippen molar-refractivity contribution < 1.29 is 9.47 Å². The zero-order valence-corrected chi connectivity index (χ0v) is 7.67. The molecule has 0 aromatic carbocycles. The molecule has 0 saturated carbocycles. The van der Waals surface area contributed by atoms with Gasteiger partial charge >= 0.3 is 0 Å². The summed E-state index contributed by atoms with van der Waals surface area (Å²) in [6.45, 7) is 0.523. The van der Waals surface area contributed by atoms with Crippen LogP contribution < -0.4 is 5.32 Å². The van der Waals surface area contributed by atoms with Crippen LogP contribution in [-0.2, 0) is 9.47 Å². The highest BCUT2D eigenvalue weighted by molar-refractivity contribution is 8.11. The number of methoxy groups -OCH3 is 2. The van der Waals surface area contributed by atoms with Gasteiger partial charge in [-0.2, -0.15) is 0 Å². The van der Waals surface area contributed by atoms with E-state index in [9.17, 15) is 0 Å². The SMILES string of the molecule is COC(CNC(=S)S)OC. The molecular formula is C5H11NO2S2. The zero-order chi connectivity index (χ0) is 7.98. The minimum atomic E-state index is -0.259. The molecule has 0 saturated heterocycles. The molecule has 0 spiro atoms. The van der Waals surface area contributed by atoms with Crippen LogP contribution in [-0.4, -0.2) is 31.4 Å². The summed E-state index contributed by atoms with van der Waals surface area (Å²) in [6, 6.07) is 0. The molecule has 0 amide bonds. The lowest BCUT2D eigenvalue weighted by molar-refractivity contribution is -0.0963. The van der Waals surface area contributed by atoms with Crippen molar-refractivity contribution >= 4 is 29.2 Å². The molecule has 0 aromatic rings. The van der Waals surface area contributed by atoms with Crippen molar-refractivity contribution in [2.75, 3.05) is 20.8 Å². The van der Waals surface area contributed by atoms with E-state index in [-0.39, 0.29) is 6.29 Å². The Morgan fingerprint density at radius 1 is 1.60 bits per heavy atom. The quantitative estimate of drug-likeness (QED) is 0.373. The van der Waals surface area contributed by atoms with Crippen LogP contribution in [0, 0.1) is 0 Å². The summed E-state index contributed by atoms with van der Waals surface area (Å²) in [7, 11) is 3.13. The molecule has 0 aliphatic rings. The molecule has 0 aliphatic heterocycles. The highest BCUT2D eigenvalue weighted by Crippen LogP contribution is 1.88. The topological polar surface area (TPSA) is 30.5 Å². The molecule has 0 atom stereocenters. The van der Waals surface area contributed by atoms with Crippen molar-refractivity contribution in [2.24, 2.45) is 0 Å². The fourth-order valence-corrected chi connectivity index (χ4v) is 0.608. The second kappa shape index (κ2) is 5.91. The summed E-state index contributed by atoms with van der Waals surface area (Å²) in [4.78, 5) is 0. The van der Waals surface area contributed by atoms with Crippen LogP contribution in [0.1, 0.15) is 0 Å². The summed E-state index contributed by atoms with van der Waals surface area (Å²) in [5.74, 6) is 0. The largest absolute Gasteiger partial charge is 0.366 e. The summed E-state index contributed by atoms with van der Waals surface area (Å²) >= 11 is 8.51. The molecule has 0 bridgehead atoms. The Morgan fingerprint density at radius 2 is 2.10 bits per heavy atom. The molecular weight excluding hydrogens is 170 g/mol. The van der Waals surface area contributed by atoms with Gasteiger partial charge in [0.25, 0.3) is 0 Å². The van der Waals surface area contributed by atoms with E-state index < -0.39 is 0 Å². The zero-order valence-electron chi connectivity index (χ0n) is 5.96. The normalized spacial score (nSPS) is 10.0. The van der Waals surface area contributed by atoms with Crippen molar-refractivity contribution in [3.8, 4) is 0 Å². The van der Waals surface area contributed by atoms with Crippen molar-refractivity contribution in [3.63, 3.8) is 0 Å². The predicted octanol–water partition coefficient (Wildman–Crippen LogP) is 0.410. The van der Waals surface area contributed by atoms with Crippen LogP contribution in [0.25, 0.3) is 0 Å². The molecule has 3 nitrogen and oxygen atoms in total. The molecule has 1 N–H and O–H groups in total. The van der Waals surface area contributed by atoms with Crippen LogP contribution in [0.4, 0.5) is 0 Å². The summed E-state index contributed by atoms with van der Waals surface area (Å²) in [6.07, 6.45) is -0.259. The molecule has 0 fully saturated rings. The second-order valence-corrected chi connectivity index (χ2v) is 2.75. The van der Waals surface area contributed by atoms with E-state index in [2.05, 4.69) is 30.2 Å². The Bertz CT molecular complexity index is 106. The molecule has 0 unspecified atom stereocenters. The third-order valence-corrected chi connectivity index (χ3v) is 1.25. The lowest BCUT2D eigenvalue weighted by Gasteiger charge is -2.13. The highest BCUT2D eigenvalue weighted by atomic mass is 32.1. The fraction of sp³-hybridized carbons (Fsp3) is 0.800. The Labute approximate surface area is 71.5 Å². The molecule has 10 heavy (non-hydrogen) atoms. The molecule has 60 valence electrons. The van der Waals surface area contributed by atoms with Gasteiger partial charge in [-0.25, -0.2) is 0 Å². The molecule has 0 aliphatic carbocycles. The first kappa shape index (κ1) is 10.2. The summed E-state index contributed by atoms with van der Waals surface area (Å²) < 4.78 is 10.2. The first-order chi connectivity index (χ1) is 4.70. The average molecular weight is 181 g/mol. The van der Waals surface area contributed by atoms with Gasteiger partial charge in [0.15, 0.2) is 6.29 Å². The fourth-order valence-electron chi connectivity index (χ4n) is 0.434. The van der Waals surface area contributed by atoms with Crippen LogP contribution in [0.3, 0.4) is 0 Å². The number of hydrogen-bond donors (Lipinski definition) is 2. The smallest absolute Gasteiger partial charge is 0.173 e.